The van der Waals surface area contributed by atoms with Crippen LogP contribution < -0.4 is 10.2 Å². The summed E-state index contributed by atoms with van der Waals surface area (Å²) < 4.78 is 5.56. The van der Waals surface area contributed by atoms with Crippen LogP contribution in [0.15, 0.2) is 53.5 Å². The standard InChI is InChI=1S/C25H27N5O/c1-17-7-3-5-9-19(17)15-22-27-21-16-23(26-20-10-6-4-8-18(20)2)28-24(21)25(29-22)30-11-13-31-14-12-30/h3-10H,11-16H2,1-2H3,(H,26,28). The number of aryl methyl sites for hydroxylation is 2. The molecule has 1 fully saturated rings. The van der Waals surface area contributed by atoms with Gasteiger partial charge in [-0.3, -0.25) is 0 Å². The molecule has 0 saturated carbocycles. The molecule has 6 nitrogen and oxygen atoms in total. The van der Waals surface area contributed by atoms with Gasteiger partial charge >= 0.3 is 0 Å². The van der Waals surface area contributed by atoms with Gasteiger partial charge in [0.1, 0.15) is 17.3 Å². The van der Waals surface area contributed by atoms with Crippen molar-refractivity contribution in [2.24, 2.45) is 4.99 Å². The normalized spacial score (nSPS) is 15.5. The van der Waals surface area contributed by atoms with E-state index in [-0.39, 0.29) is 0 Å². The van der Waals surface area contributed by atoms with Crippen molar-refractivity contribution in [3.05, 3.63) is 76.7 Å². The van der Waals surface area contributed by atoms with Crippen molar-refractivity contribution in [2.45, 2.75) is 26.7 Å². The average Bonchev–Trinajstić information content (AvgIpc) is 3.19. The smallest absolute Gasteiger partial charge is 0.158 e. The zero-order valence-corrected chi connectivity index (χ0v) is 18.1. The first kappa shape index (κ1) is 19.7. The predicted molar refractivity (Wildman–Crippen MR) is 125 cm³/mol. The summed E-state index contributed by atoms with van der Waals surface area (Å²) in [4.78, 5) is 17.1. The van der Waals surface area contributed by atoms with Gasteiger partial charge in [0.25, 0.3) is 0 Å². The third kappa shape index (κ3) is 4.16. The molecule has 3 aromatic rings. The molecule has 1 N–H and O–H groups in total. The second-order valence-corrected chi connectivity index (χ2v) is 8.14. The number of rotatable bonds is 4. The van der Waals surface area contributed by atoms with Crippen LogP contribution in [0, 0.1) is 13.8 Å². The maximum Gasteiger partial charge on any atom is 0.158 e. The minimum atomic E-state index is 0.685. The molecule has 0 amide bonds. The van der Waals surface area contributed by atoms with E-state index in [2.05, 4.69) is 60.5 Å². The summed E-state index contributed by atoms with van der Waals surface area (Å²) in [6.45, 7) is 7.31. The molecule has 0 unspecified atom stereocenters. The minimum absolute atomic E-state index is 0.685. The lowest BCUT2D eigenvalue weighted by atomic mass is 10.1. The van der Waals surface area contributed by atoms with Crippen molar-refractivity contribution in [1.29, 1.82) is 0 Å². The van der Waals surface area contributed by atoms with Crippen LogP contribution >= 0.6 is 0 Å². The number of nitrogens with one attached hydrogen (secondary N) is 1. The number of para-hydroxylation sites is 1. The second kappa shape index (κ2) is 8.47. The first-order valence-corrected chi connectivity index (χ1v) is 10.8. The van der Waals surface area contributed by atoms with Crippen LogP contribution in [0.3, 0.4) is 0 Å². The van der Waals surface area contributed by atoms with Gasteiger partial charge in [-0.15, -0.1) is 0 Å². The molecule has 1 aromatic heterocycles. The number of nitrogens with zero attached hydrogens (tertiary/aromatic N) is 4. The SMILES string of the molecule is Cc1ccccc1Cc1nc2c(c(N3CCOCC3)n1)N=C(Nc1ccccc1C)C2. The Balaban J connectivity index is 1.49. The van der Waals surface area contributed by atoms with Crippen molar-refractivity contribution < 1.29 is 4.74 Å². The van der Waals surface area contributed by atoms with E-state index in [0.717, 1.165) is 54.1 Å². The monoisotopic (exact) mass is 413 g/mol. The summed E-state index contributed by atoms with van der Waals surface area (Å²) in [7, 11) is 0. The fraction of sp³-hybridized carbons (Fsp3) is 0.320. The lowest BCUT2D eigenvalue weighted by Gasteiger charge is -2.29. The van der Waals surface area contributed by atoms with E-state index in [9.17, 15) is 0 Å². The number of aromatic nitrogens is 2. The van der Waals surface area contributed by atoms with Crippen LogP contribution in [0.2, 0.25) is 0 Å². The van der Waals surface area contributed by atoms with Gasteiger partial charge in [-0.25, -0.2) is 15.0 Å². The fourth-order valence-corrected chi connectivity index (χ4v) is 4.10. The van der Waals surface area contributed by atoms with E-state index in [1.54, 1.807) is 0 Å². The van der Waals surface area contributed by atoms with Crippen LogP contribution in [0.1, 0.15) is 28.2 Å². The summed E-state index contributed by atoms with van der Waals surface area (Å²) in [6.07, 6.45) is 1.40. The molecule has 0 spiro atoms. The van der Waals surface area contributed by atoms with E-state index < -0.39 is 0 Å². The Bertz CT molecular complexity index is 1130. The number of morpholine rings is 1. The molecular weight excluding hydrogens is 386 g/mol. The van der Waals surface area contributed by atoms with Gasteiger partial charge in [0.15, 0.2) is 5.82 Å². The van der Waals surface area contributed by atoms with Crippen molar-refractivity contribution in [3.63, 3.8) is 0 Å². The largest absolute Gasteiger partial charge is 0.378 e. The van der Waals surface area contributed by atoms with Gasteiger partial charge < -0.3 is 15.0 Å². The molecule has 1 saturated heterocycles. The maximum absolute atomic E-state index is 5.56. The van der Waals surface area contributed by atoms with Crippen molar-refractivity contribution in [2.75, 3.05) is 36.5 Å². The fourth-order valence-electron chi connectivity index (χ4n) is 4.10. The van der Waals surface area contributed by atoms with Crippen LogP contribution in [0.4, 0.5) is 17.2 Å². The van der Waals surface area contributed by atoms with Gasteiger partial charge in [-0.2, -0.15) is 0 Å². The molecule has 2 aromatic carbocycles. The summed E-state index contributed by atoms with van der Waals surface area (Å²) >= 11 is 0. The van der Waals surface area contributed by atoms with E-state index in [4.69, 9.17) is 19.7 Å². The lowest BCUT2D eigenvalue weighted by Crippen LogP contribution is -2.37. The average molecular weight is 414 g/mol. The van der Waals surface area contributed by atoms with Crippen LogP contribution in [-0.4, -0.2) is 42.1 Å². The summed E-state index contributed by atoms with van der Waals surface area (Å²) in [6, 6.07) is 16.7. The zero-order valence-electron chi connectivity index (χ0n) is 18.1. The number of hydrogen-bond donors (Lipinski definition) is 1. The molecule has 2 aliphatic rings. The van der Waals surface area contributed by atoms with E-state index >= 15 is 0 Å². The third-order valence-corrected chi connectivity index (χ3v) is 5.91. The number of aliphatic imine (C=N–C) groups is 1. The number of amidine groups is 1. The summed E-state index contributed by atoms with van der Waals surface area (Å²) in [5, 5.41) is 3.50. The van der Waals surface area contributed by atoms with E-state index in [0.29, 0.717) is 19.6 Å². The minimum Gasteiger partial charge on any atom is -0.378 e. The maximum atomic E-state index is 5.56. The number of fused-ring (bicyclic) bond motifs is 1. The molecule has 6 heteroatoms. The second-order valence-electron chi connectivity index (χ2n) is 8.14. The highest BCUT2D eigenvalue weighted by Crippen LogP contribution is 2.35. The number of benzene rings is 2. The molecule has 0 aliphatic carbocycles. The highest BCUT2D eigenvalue weighted by Gasteiger charge is 2.26. The van der Waals surface area contributed by atoms with Gasteiger partial charge in [-0.05, 0) is 36.6 Å². The third-order valence-electron chi connectivity index (χ3n) is 5.91. The van der Waals surface area contributed by atoms with Gasteiger partial charge in [-0.1, -0.05) is 42.5 Å². The van der Waals surface area contributed by atoms with Gasteiger partial charge in [0.2, 0.25) is 0 Å². The highest BCUT2D eigenvalue weighted by atomic mass is 16.5. The lowest BCUT2D eigenvalue weighted by molar-refractivity contribution is 0.122. The summed E-state index contributed by atoms with van der Waals surface area (Å²) in [5.74, 6) is 2.70. The summed E-state index contributed by atoms with van der Waals surface area (Å²) in [5.41, 5.74) is 6.68. The van der Waals surface area contributed by atoms with Crippen molar-refractivity contribution in [3.8, 4) is 0 Å². The Morgan fingerprint density at radius 2 is 1.68 bits per heavy atom. The Morgan fingerprint density at radius 1 is 0.935 bits per heavy atom. The topological polar surface area (TPSA) is 62.6 Å². The Hall–Kier alpha value is -3.25. The van der Waals surface area contributed by atoms with E-state index in [1.165, 1.54) is 16.7 Å². The van der Waals surface area contributed by atoms with Gasteiger partial charge in [0, 0.05) is 25.2 Å². The Kier molecular flexibility index (Phi) is 5.38. The molecule has 2 aliphatic heterocycles. The van der Waals surface area contributed by atoms with Gasteiger partial charge in [0.05, 0.1) is 25.3 Å². The quantitative estimate of drug-likeness (QED) is 0.694. The first-order chi connectivity index (χ1) is 15.2. The molecule has 0 radical (unpaired) electrons. The first-order valence-electron chi connectivity index (χ1n) is 10.8. The molecular formula is C25H27N5O. The van der Waals surface area contributed by atoms with Crippen molar-refractivity contribution in [1.82, 2.24) is 9.97 Å². The molecule has 0 bridgehead atoms. The Labute approximate surface area is 183 Å². The molecule has 3 heterocycles. The van der Waals surface area contributed by atoms with Crippen molar-refractivity contribution >= 4 is 23.0 Å². The molecule has 158 valence electrons. The van der Waals surface area contributed by atoms with Crippen LogP contribution in [-0.2, 0) is 17.6 Å². The highest BCUT2D eigenvalue weighted by molar-refractivity contribution is 6.03. The molecule has 5 rings (SSSR count). The number of ether oxygens (including phenoxy) is 1. The predicted octanol–water partition coefficient (Wildman–Crippen LogP) is 4.22. The molecule has 31 heavy (non-hydrogen) atoms. The van der Waals surface area contributed by atoms with E-state index in [1.807, 2.05) is 12.1 Å². The van der Waals surface area contributed by atoms with Crippen LogP contribution in [0.5, 0.6) is 0 Å². The Morgan fingerprint density at radius 3 is 2.45 bits per heavy atom. The van der Waals surface area contributed by atoms with Crippen LogP contribution in [0.25, 0.3) is 0 Å². The molecule has 0 atom stereocenters. The number of anilines is 2. The zero-order chi connectivity index (χ0) is 21.2. The number of hydrogen-bond acceptors (Lipinski definition) is 6.